The van der Waals surface area contributed by atoms with Crippen molar-refractivity contribution in [3.63, 3.8) is 0 Å². The Labute approximate surface area is 189 Å². The first-order valence-electron chi connectivity index (χ1n) is 11.1. The zero-order chi connectivity index (χ0) is 22.3. The monoisotopic (exact) mass is 433 g/mol. The minimum Gasteiger partial charge on any atom is -0.467 e. The average molecular weight is 434 g/mol. The van der Waals surface area contributed by atoms with Crippen LogP contribution < -0.4 is 10.3 Å². The van der Waals surface area contributed by atoms with Crippen LogP contribution in [0.3, 0.4) is 0 Å². The Hall–Kier alpha value is -3.32. The summed E-state index contributed by atoms with van der Waals surface area (Å²) in [6, 6.07) is 16.4. The zero-order valence-electron chi connectivity index (χ0n) is 18.8. The lowest BCUT2D eigenvalue weighted by Gasteiger charge is -2.36. The van der Waals surface area contributed by atoms with Crippen molar-refractivity contribution in [1.29, 1.82) is 0 Å². The third-order valence-corrected chi connectivity index (χ3v) is 6.05. The lowest BCUT2D eigenvalue weighted by molar-refractivity contribution is -0.121. The van der Waals surface area contributed by atoms with E-state index in [9.17, 15) is 4.79 Å². The number of hydrazone groups is 1. The van der Waals surface area contributed by atoms with Crippen molar-refractivity contribution in [2.24, 2.45) is 5.10 Å². The predicted molar refractivity (Wildman–Crippen MR) is 127 cm³/mol. The average Bonchev–Trinajstić information content (AvgIpc) is 3.43. The molecule has 1 aromatic carbocycles. The predicted octanol–water partition coefficient (Wildman–Crippen LogP) is 3.41. The quantitative estimate of drug-likeness (QED) is 0.437. The Kier molecular flexibility index (Phi) is 7.07. The van der Waals surface area contributed by atoms with Crippen molar-refractivity contribution in [3.8, 4) is 0 Å². The van der Waals surface area contributed by atoms with Gasteiger partial charge >= 0.3 is 0 Å². The van der Waals surface area contributed by atoms with Gasteiger partial charge in [-0.1, -0.05) is 18.2 Å². The molecule has 1 amide bonds. The second-order valence-corrected chi connectivity index (χ2v) is 8.20. The van der Waals surface area contributed by atoms with Crippen molar-refractivity contribution in [2.45, 2.75) is 26.8 Å². The van der Waals surface area contributed by atoms with Crippen LogP contribution in [-0.4, -0.2) is 54.3 Å². The van der Waals surface area contributed by atoms with Crippen molar-refractivity contribution in [3.05, 3.63) is 77.5 Å². The van der Waals surface area contributed by atoms with Gasteiger partial charge in [-0.25, -0.2) is 5.43 Å². The van der Waals surface area contributed by atoms with E-state index in [0.717, 1.165) is 55.4 Å². The molecule has 1 aliphatic heterocycles. The molecule has 1 N–H and O–H groups in total. The van der Waals surface area contributed by atoms with Crippen LogP contribution in [0.15, 0.2) is 64.3 Å². The maximum Gasteiger partial charge on any atom is 0.241 e. The Morgan fingerprint density at radius 1 is 1.09 bits per heavy atom. The molecule has 2 aromatic heterocycles. The number of nitrogens with one attached hydrogen (secondary N) is 1. The molecule has 3 heterocycles. The molecule has 3 aromatic rings. The highest BCUT2D eigenvalue weighted by molar-refractivity contribution is 5.84. The number of nitrogens with zero attached hydrogens (tertiary/aromatic N) is 4. The molecular formula is C25H31N5O2. The first kappa shape index (κ1) is 21.9. The number of aromatic nitrogens is 1. The summed E-state index contributed by atoms with van der Waals surface area (Å²) >= 11 is 0. The van der Waals surface area contributed by atoms with Gasteiger partial charge in [0.2, 0.25) is 5.91 Å². The molecule has 0 radical (unpaired) electrons. The van der Waals surface area contributed by atoms with Crippen molar-refractivity contribution >= 4 is 17.8 Å². The normalized spacial score (nSPS) is 14.9. The van der Waals surface area contributed by atoms with Gasteiger partial charge < -0.3 is 13.9 Å². The largest absolute Gasteiger partial charge is 0.467 e. The Morgan fingerprint density at radius 3 is 2.59 bits per heavy atom. The highest BCUT2D eigenvalue weighted by Crippen LogP contribution is 2.17. The molecule has 0 bridgehead atoms. The third-order valence-electron chi connectivity index (χ3n) is 6.05. The van der Waals surface area contributed by atoms with Crippen molar-refractivity contribution in [1.82, 2.24) is 14.9 Å². The van der Waals surface area contributed by atoms with Gasteiger partial charge in [0.1, 0.15) is 5.76 Å². The molecule has 7 nitrogen and oxygen atoms in total. The molecule has 32 heavy (non-hydrogen) atoms. The van der Waals surface area contributed by atoms with E-state index in [1.165, 1.54) is 5.69 Å². The third kappa shape index (κ3) is 5.48. The fourth-order valence-corrected chi connectivity index (χ4v) is 4.12. The maximum atomic E-state index is 12.3. The second kappa shape index (κ2) is 10.3. The first-order valence-corrected chi connectivity index (χ1v) is 11.1. The lowest BCUT2D eigenvalue weighted by Crippen LogP contribution is -2.47. The Morgan fingerprint density at radius 2 is 1.88 bits per heavy atom. The number of hydrogen-bond acceptors (Lipinski definition) is 5. The molecule has 0 spiro atoms. The smallest absolute Gasteiger partial charge is 0.241 e. The molecule has 1 aliphatic rings. The fourth-order valence-electron chi connectivity index (χ4n) is 4.12. The number of aryl methyl sites for hydroxylation is 1. The minimum absolute atomic E-state index is 0.0591. The Bertz CT molecular complexity index is 1030. The molecule has 168 valence electrons. The number of piperazine rings is 1. The number of benzene rings is 1. The highest BCUT2D eigenvalue weighted by Gasteiger charge is 2.17. The van der Waals surface area contributed by atoms with Crippen LogP contribution in [-0.2, 0) is 11.3 Å². The van der Waals surface area contributed by atoms with Crippen LogP contribution in [0.2, 0.25) is 0 Å². The Balaban J connectivity index is 1.21. The molecule has 0 unspecified atom stereocenters. The topological polar surface area (TPSA) is 66.0 Å². The number of anilines is 1. The van der Waals surface area contributed by atoms with Gasteiger partial charge in [0.05, 0.1) is 19.0 Å². The number of carbonyl (C=O) groups excluding carboxylic acids is 1. The number of para-hydroxylation sites is 1. The van der Waals surface area contributed by atoms with Gasteiger partial charge in [0.15, 0.2) is 0 Å². The van der Waals surface area contributed by atoms with Gasteiger partial charge in [0, 0.05) is 61.8 Å². The molecule has 1 saturated heterocycles. The summed E-state index contributed by atoms with van der Waals surface area (Å²) in [5.74, 6) is 0.851. The van der Waals surface area contributed by atoms with Crippen LogP contribution >= 0.6 is 0 Å². The molecule has 0 saturated carbocycles. The standard InChI is InChI=1S/C25H31N5O2/c1-20-17-22(21(2)30(20)19-24-9-6-16-32-24)18-26-27-25(31)10-11-28-12-14-29(15-13-28)23-7-4-3-5-8-23/h3-9,16-18H,10-15,19H2,1-2H3,(H,27,31). The van der Waals surface area contributed by atoms with E-state index in [1.54, 1.807) is 12.5 Å². The van der Waals surface area contributed by atoms with E-state index in [1.807, 2.05) is 25.1 Å². The fraction of sp³-hybridized carbons (Fsp3) is 0.360. The maximum absolute atomic E-state index is 12.3. The van der Waals surface area contributed by atoms with Gasteiger partial charge in [-0.15, -0.1) is 0 Å². The highest BCUT2D eigenvalue weighted by atomic mass is 16.3. The van der Waals surface area contributed by atoms with Crippen LogP contribution in [0, 0.1) is 13.8 Å². The summed E-state index contributed by atoms with van der Waals surface area (Å²) in [4.78, 5) is 17.0. The van der Waals surface area contributed by atoms with Gasteiger partial charge in [-0.2, -0.15) is 5.10 Å². The van der Waals surface area contributed by atoms with E-state index >= 15 is 0 Å². The molecule has 7 heteroatoms. The number of carbonyl (C=O) groups is 1. The van der Waals surface area contributed by atoms with Crippen LogP contribution in [0.1, 0.15) is 29.1 Å². The van der Waals surface area contributed by atoms with Crippen LogP contribution in [0.25, 0.3) is 0 Å². The lowest BCUT2D eigenvalue weighted by atomic mass is 10.2. The number of furan rings is 1. The number of hydrogen-bond donors (Lipinski definition) is 1. The molecular weight excluding hydrogens is 402 g/mol. The SMILES string of the molecule is Cc1cc(C=NNC(=O)CCN2CCN(c3ccccc3)CC2)c(C)n1Cc1ccco1. The van der Waals surface area contributed by atoms with E-state index in [4.69, 9.17) is 4.42 Å². The van der Waals surface area contributed by atoms with Crippen molar-refractivity contribution in [2.75, 3.05) is 37.6 Å². The second-order valence-electron chi connectivity index (χ2n) is 8.20. The number of rotatable bonds is 8. The first-order chi connectivity index (χ1) is 15.6. The van der Waals surface area contributed by atoms with E-state index < -0.39 is 0 Å². The summed E-state index contributed by atoms with van der Waals surface area (Å²) in [6.45, 7) is 9.44. The molecule has 1 fully saturated rings. The van der Waals surface area contributed by atoms with E-state index in [0.29, 0.717) is 13.0 Å². The van der Waals surface area contributed by atoms with Crippen LogP contribution in [0.5, 0.6) is 0 Å². The summed E-state index contributed by atoms with van der Waals surface area (Å²) < 4.78 is 7.63. The van der Waals surface area contributed by atoms with E-state index in [-0.39, 0.29) is 5.91 Å². The number of amides is 1. The summed E-state index contributed by atoms with van der Waals surface area (Å²) in [5.41, 5.74) is 7.15. The molecule has 4 rings (SSSR count). The summed E-state index contributed by atoms with van der Waals surface area (Å²) in [6.07, 6.45) is 3.85. The molecule has 0 atom stereocenters. The zero-order valence-corrected chi connectivity index (χ0v) is 18.8. The minimum atomic E-state index is -0.0591. The molecule has 0 aliphatic carbocycles. The van der Waals surface area contributed by atoms with Gasteiger partial charge in [-0.05, 0) is 44.2 Å². The van der Waals surface area contributed by atoms with E-state index in [2.05, 4.69) is 62.1 Å². The van der Waals surface area contributed by atoms with Crippen LogP contribution in [0.4, 0.5) is 5.69 Å². The summed E-state index contributed by atoms with van der Waals surface area (Å²) in [5, 5.41) is 4.18. The van der Waals surface area contributed by atoms with Crippen molar-refractivity contribution < 1.29 is 9.21 Å². The van der Waals surface area contributed by atoms with Gasteiger partial charge in [0.25, 0.3) is 0 Å². The van der Waals surface area contributed by atoms with Gasteiger partial charge in [-0.3, -0.25) is 9.69 Å². The summed E-state index contributed by atoms with van der Waals surface area (Å²) in [7, 11) is 0.